The molecule has 1 aliphatic heterocycles. The SMILES string of the molecule is Nc1cc(Cl)ccc1NCCCN1CCOCC1. The van der Waals surface area contributed by atoms with Crippen LogP contribution in [0.5, 0.6) is 0 Å². The molecule has 100 valence electrons. The van der Waals surface area contributed by atoms with Crippen molar-refractivity contribution in [3.05, 3.63) is 23.2 Å². The van der Waals surface area contributed by atoms with Crippen LogP contribution in [0.4, 0.5) is 11.4 Å². The molecule has 1 aromatic rings. The summed E-state index contributed by atoms with van der Waals surface area (Å²) in [5.74, 6) is 0. The molecular weight excluding hydrogens is 250 g/mol. The lowest BCUT2D eigenvalue weighted by Crippen LogP contribution is -2.37. The van der Waals surface area contributed by atoms with Gasteiger partial charge in [0.2, 0.25) is 0 Å². The third kappa shape index (κ3) is 4.05. The van der Waals surface area contributed by atoms with E-state index in [-0.39, 0.29) is 0 Å². The molecule has 0 amide bonds. The molecule has 0 saturated carbocycles. The number of morpholine rings is 1. The van der Waals surface area contributed by atoms with Crippen LogP contribution in [0, 0.1) is 0 Å². The largest absolute Gasteiger partial charge is 0.397 e. The van der Waals surface area contributed by atoms with Crippen molar-refractivity contribution < 1.29 is 4.74 Å². The van der Waals surface area contributed by atoms with Crippen LogP contribution in [-0.4, -0.2) is 44.3 Å². The molecule has 5 heteroatoms. The van der Waals surface area contributed by atoms with Crippen molar-refractivity contribution in [1.29, 1.82) is 0 Å². The Morgan fingerprint density at radius 1 is 1.33 bits per heavy atom. The molecule has 18 heavy (non-hydrogen) atoms. The van der Waals surface area contributed by atoms with Gasteiger partial charge in [0.25, 0.3) is 0 Å². The Labute approximate surface area is 113 Å². The van der Waals surface area contributed by atoms with Crippen LogP contribution < -0.4 is 11.1 Å². The molecule has 0 radical (unpaired) electrons. The van der Waals surface area contributed by atoms with Crippen molar-refractivity contribution in [3.63, 3.8) is 0 Å². The summed E-state index contributed by atoms with van der Waals surface area (Å²) in [6.07, 6.45) is 1.10. The molecule has 1 aliphatic rings. The van der Waals surface area contributed by atoms with Crippen LogP contribution in [0.15, 0.2) is 18.2 Å². The average molecular weight is 270 g/mol. The zero-order chi connectivity index (χ0) is 12.8. The second-order valence-corrected chi connectivity index (χ2v) is 4.90. The number of nitrogens with two attached hydrogens (primary N) is 1. The highest BCUT2D eigenvalue weighted by atomic mass is 35.5. The summed E-state index contributed by atoms with van der Waals surface area (Å²) in [6.45, 7) is 5.83. The minimum atomic E-state index is 0.673. The Hall–Kier alpha value is -0.970. The van der Waals surface area contributed by atoms with Gasteiger partial charge in [-0.1, -0.05) is 11.6 Å². The molecular formula is C13H20ClN3O. The first-order valence-corrected chi connectivity index (χ1v) is 6.72. The Bertz CT molecular complexity index is 380. The predicted octanol–water partition coefficient (Wildman–Crippen LogP) is 2.06. The van der Waals surface area contributed by atoms with Gasteiger partial charge < -0.3 is 15.8 Å². The number of anilines is 2. The molecule has 1 heterocycles. The van der Waals surface area contributed by atoms with Crippen LogP contribution in [0.3, 0.4) is 0 Å². The van der Waals surface area contributed by atoms with Gasteiger partial charge in [0.1, 0.15) is 0 Å². The van der Waals surface area contributed by atoms with E-state index in [1.165, 1.54) is 0 Å². The van der Waals surface area contributed by atoms with Gasteiger partial charge in [-0.15, -0.1) is 0 Å². The number of nitrogen functional groups attached to an aromatic ring is 1. The molecule has 0 aromatic heterocycles. The van der Waals surface area contributed by atoms with Crippen LogP contribution in [-0.2, 0) is 4.74 Å². The van der Waals surface area contributed by atoms with E-state index in [1.807, 2.05) is 12.1 Å². The molecule has 0 unspecified atom stereocenters. The fourth-order valence-corrected chi connectivity index (χ4v) is 2.23. The van der Waals surface area contributed by atoms with Crippen LogP contribution in [0.2, 0.25) is 5.02 Å². The maximum Gasteiger partial charge on any atom is 0.0594 e. The molecule has 1 saturated heterocycles. The van der Waals surface area contributed by atoms with Crippen molar-refractivity contribution in [1.82, 2.24) is 4.90 Å². The summed E-state index contributed by atoms with van der Waals surface area (Å²) in [5.41, 5.74) is 7.53. The maximum atomic E-state index is 5.87. The van der Waals surface area contributed by atoms with Gasteiger partial charge in [0.15, 0.2) is 0 Å². The third-order valence-electron chi connectivity index (χ3n) is 3.08. The van der Waals surface area contributed by atoms with Crippen molar-refractivity contribution in [2.45, 2.75) is 6.42 Å². The van der Waals surface area contributed by atoms with E-state index in [9.17, 15) is 0 Å². The van der Waals surface area contributed by atoms with Crippen molar-refractivity contribution in [2.75, 3.05) is 50.4 Å². The van der Waals surface area contributed by atoms with E-state index in [0.29, 0.717) is 10.7 Å². The lowest BCUT2D eigenvalue weighted by molar-refractivity contribution is 0.0378. The fraction of sp³-hybridized carbons (Fsp3) is 0.538. The van der Waals surface area contributed by atoms with E-state index < -0.39 is 0 Å². The molecule has 0 aliphatic carbocycles. The Morgan fingerprint density at radius 2 is 2.11 bits per heavy atom. The first-order chi connectivity index (χ1) is 8.75. The lowest BCUT2D eigenvalue weighted by Gasteiger charge is -2.26. The zero-order valence-corrected chi connectivity index (χ0v) is 11.2. The summed E-state index contributed by atoms with van der Waals surface area (Å²) in [6, 6.07) is 5.54. The molecule has 3 N–H and O–H groups in total. The minimum absolute atomic E-state index is 0.673. The quantitative estimate of drug-likeness (QED) is 0.635. The van der Waals surface area contributed by atoms with Crippen molar-refractivity contribution >= 4 is 23.0 Å². The smallest absolute Gasteiger partial charge is 0.0594 e. The van der Waals surface area contributed by atoms with Crippen LogP contribution in [0.1, 0.15) is 6.42 Å². The first-order valence-electron chi connectivity index (χ1n) is 6.35. The summed E-state index contributed by atoms with van der Waals surface area (Å²) < 4.78 is 5.32. The number of nitrogens with zero attached hydrogens (tertiary/aromatic N) is 1. The van der Waals surface area contributed by atoms with Crippen molar-refractivity contribution in [3.8, 4) is 0 Å². The topological polar surface area (TPSA) is 50.5 Å². The lowest BCUT2D eigenvalue weighted by atomic mass is 10.2. The standard InChI is InChI=1S/C13H20ClN3O/c14-11-2-3-13(12(15)10-11)16-4-1-5-17-6-8-18-9-7-17/h2-3,10,16H,1,4-9,15H2. The van der Waals surface area contributed by atoms with E-state index in [0.717, 1.165) is 51.5 Å². The molecule has 0 spiro atoms. The number of benzene rings is 1. The molecule has 0 bridgehead atoms. The molecule has 0 atom stereocenters. The number of nitrogens with one attached hydrogen (secondary N) is 1. The van der Waals surface area contributed by atoms with Gasteiger partial charge in [-0.2, -0.15) is 0 Å². The van der Waals surface area contributed by atoms with Gasteiger partial charge in [-0.3, -0.25) is 4.90 Å². The number of hydrogen-bond donors (Lipinski definition) is 2. The van der Waals surface area contributed by atoms with Gasteiger partial charge in [0.05, 0.1) is 24.6 Å². The summed E-state index contributed by atoms with van der Waals surface area (Å²) >= 11 is 5.85. The normalized spacial score (nSPS) is 16.7. The van der Waals surface area contributed by atoms with E-state index in [1.54, 1.807) is 6.07 Å². The maximum absolute atomic E-state index is 5.87. The monoisotopic (exact) mass is 269 g/mol. The fourth-order valence-electron chi connectivity index (χ4n) is 2.05. The Morgan fingerprint density at radius 3 is 2.83 bits per heavy atom. The van der Waals surface area contributed by atoms with Crippen LogP contribution >= 0.6 is 11.6 Å². The molecule has 1 aromatic carbocycles. The zero-order valence-electron chi connectivity index (χ0n) is 10.5. The van der Waals surface area contributed by atoms with Gasteiger partial charge in [0, 0.05) is 24.7 Å². The highest BCUT2D eigenvalue weighted by Crippen LogP contribution is 2.22. The minimum Gasteiger partial charge on any atom is -0.397 e. The number of hydrogen-bond acceptors (Lipinski definition) is 4. The van der Waals surface area contributed by atoms with E-state index in [2.05, 4.69) is 10.2 Å². The van der Waals surface area contributed by atoms with Gasteiger partial charge >= 0.3 is 0 Å². The number of ether oxygens (including phenoxy) is 1. The highest BCUT2D eigenvalue weighted by molar-refractivity contribution is 6.31. The average Bonchev–Trinajstić information content (AvgIpc) is 2.38. The van der Waals surface area contributed by atoms with Crippen molar-refractivity contribution in [2.24, 2.45) is 0 Å². The predicted molar refractivity (Wildman–Crippen MR) is 76.2 cm³/mol. The molecule has 2 rings (SSSR count). The number of rotatable bonds is 5. The molecule has 1 fully saturated rings. The third-order valence-corrected chi connectivity index (χ3v) is 3.32. The van der Waals surface area contributed by atoms with Crippen LogP contribution in [0.25, 0.3) is 0 Å². The second kappa shape index (κ2) is 6.83. The van der Waals surface area contributed by atoms with E-state index in [4.69, 9.17) is 22.1 Å². The summed E-state index contributed by atoms with van der Waals surface area (Å²) in [4.78, 5) is 2.43. The first kappa shape index (κ1) is 13.5. The van der Waals surface area contributed by atoms with Gasteiger partial charge in [-0.05, 0) is 31.2 Å². The summed E-state index contributed by atoms with van der Waals surface area (Å²) in [5, 5.41) is 4.01. The van der Waals surface area contributed by atoms with E-state index >= 15 is 0 Å². The second-order valence-electron chi connectivity index (χ2n) is 4.47. The van der Waals surface area contributed by atoms with Gasteiger partial charge in [-0.25, -0.2) is 0 Å². The summed E-state index contributed by atoms with van der Waals surface area (Å²) in [7, 11) is 0. The number of halogens is 1. The molecule has 4 nitrogen and oxygen atoms in total. The Balaban J connectivity index is 1.68. The Kier molecular flexibility index (Phi) is 5.11. The highest BCUT2D eigenvalue weighted by Gasteiger charge is 2.09.